The summed E-state index contributed by atoms with van der Waals surface area (Å²) in [6.07, 6.45) is 0.715. The van der Waals surface area contributed by atoms with Crippen LogP contribution in [0.3, 0.4) is 0 Å². The molecule has 0 radical (unpaired) electrons. The molecule has 24 heavy (non-hydrogen) atoms. The maximum Gasteiger partial charge on any atom is 0.319 e. The Morgan fingerprint density at radius 3 is 2.67 bits per heavy atom. The van der Waals surface area contributed by atoms with Crippen LogP contribution < -0.4 is 10.6 Å². The number of hydrogen-bond donors (Lipinski definition) is 2. The van der Waals surface area contributed by atoms with Crippen LogP contribution in [-0.4, -0.2) is 36.0 Å². The molecule has 3 rings (SSSR count). The smallest absolute Gasteiger partial charge is 0.319 e. The van der Waals surface area contributed by atoms with Gasteiger partial charge in [0.25, 0.3) is 5.91 Å². The summed E-state index contributed by atoms with van der Waals surface area (Å²) in [6, 6.07) is 7.06. The molecule has 2 N–H and O–H groups in total. The van der Waals surface area contributed by atoms with Crippen LogP contribution in [-0.2, 0) is 0 Å². The molecular weight excluding hydrogens is 329 g/mol. The van der Waals surface area contributed by atoms with Gasteiger partial charge in [0.2, 0.25) is 0 Å². The van der Waals surface area contributed by atoms with Gasteiger partial charge in [-0.05, 0) is 54.6 Å². The van der Waals surface area contributed by atoms with Gasteiger partial charge >= 0.3 is 6.03 Å². The Hall–Kier alpha value is -2.41. The van der Waals surface area contributed by atoms with E-state index in [2.05, 4.69) is 10.6 Å². The van der Waals surface area contributed by atoms with Crippen molar-refractivity contribution in [2.24, 2.45) is 0 Å². The van der Waals surface area contributed by atoms with Gasteiger partial charge in [0, 0.05) is 24.8 Å². The number of nitrogens with zero attached hydrogens (tertiary/aromatic N) is 1. The van der Waals surface area contributed by atoms with Gasteiger partial charge in [0.1, 0.15) is 5.82 Å². The first-order chi connectivity index (χ1) is 11.5. The van der Waals surface area contributed by atoms with Gasteiger partial charge < -0.3 is 15.5 Å². The summed E-state index contributed by atoms with van der Waals surface area (Å²) in [5, 5.41) is 7.42. The molecule has 126 valence electrons. The second kappa shape index (κ2) is 7.00. The third-order valence-electron chi connectivity index (χ3n) is 3.97. The van der Waals surface area contributed by atoms with Crippen molar-refractivity contribution in [1.29, 1.82) is 0 Å². The molecule has 0 bridgehead atoms. The van der Waals surface area contributed by atoms with Gasteiger partial charge in [-0.2, -0.15) is 0 Å². The molecular formula is C17H18FN3O2S. The van der Waals surface area contributed by atoms with E-state index in [1.807, 2.05) is 18.4 Å². The fourth-order valence-electron chi connectivity index (χ4n) is 2.68. The summed E-state index contributed by atoms with van der Waals surface area (Å²) in [7, 11) is 0. The Morgan fingerprint density at radius 2 is 2.00 bits per heavy atom. The van der Waals surface area contributed by atoms with Crippen LogP contribution >= 0.6 is 11.3 Å². The van der Waals surface area contributed by atoms with Crippen molar-refractivity contribution in [3.05, 3.63) is 52.0 Å². The minimum absolute atomic E-state index is 0.0192. The average molecular weight is 347 g/mol. The molecule has 0 aliphatic carbocycles. The Morgan fingerprint density at radius 1 is 1.25 bits per heavy atom. The number of carbonyl (C=O) groups is 2. The van der Waals surface area contributed by atoms with Gasteiger partial charge in [-0.1, -0.05) is 0 Å². The number of thiophene rings is 1. The van der Waals surface area contributed by atoms with Crippen LogP contribution in [0.4, 0.5) is 14.9 Å². The van der Waals surface area contributed by atoms with Gasteiger partial charge in [-0.3, -0.25) is 4.79 Å². The summed E-state index contributed by atoms with van der Waals surface area (Å²) >= 11 is 1.44. The number of rotatable bonds is 3. The maximum atomic E-state index is 12.9. The Bertz CT molecular complexity index is 745. The van der Waals surface area contributed by atoms with Crippen LogP contribution in [0.15, 0.2) is 35.7 Å². The summed E-state index contributed by atoms with van der Waals surface area (Å²) in [4.78, 5) is 27.0. The molecule has 5 nitrogen and oxygen atoms in total. The summed E-state index contributed by atoms with van der Waals surface area (Å²) in [5.74, 6) is -0.333. The highest BCUT2D eigenvalue weighted by Crippen LogP contribution is 2.21. The molecule has 1 aromatic heterocycles. The number of benzene rings is 1. The molecule has 1 aliphatic rings. The molecule has 1 aromatic carbocycles. The Kier molecular flexibility index (Phi) is 4.80. The average Bonchev–Trinajstić information content (AvgIpc) is 3.18. The number of anilines is 1. The number of carbonyl (C=O) groups excluding carboxylic acids is 2. The normalized spacial score (nSPS) is 16.9. The SMILES string of the molecule is Cc1ccsc1C(=O)N1CC[C@@H](NC(=O)Nc2ccc(F)cc2)C1. The van der Waals surface area contributed by atoms with E-state index < -0.39 is 0 Å². The molecule has 0 spiro atoms. The predicted octanol–water partition coefficient (Wildman–Crippen LogP) is 3.23. The van der Waals surface area contributed by atoms with Crippen LogP contribution in [0.2, 0.25) is 0 Å². The molecule has 3 amide bonds. The lowest BCUT2D eigenvalue weighted by atomic mass is 10.2. The third-order valence-corrected chi connectivity index (χ3v) is 4.97. The zero-order valence-electron chi connectivity index (χ0n) is 13.2. The minimum atomic E-state index is -0.354. The highest BCUT2D eigenvalue weighted by Gasteiger charge is 2.29. The van der Waals surface area contributed by atoms with Gasteiger partial charge in [-0.25, -0.2) is 9.18 Å². The first kappa shape index (κ1) is 16.4. The number of hydrogen-bond acceptors (Lipinski definition) is 3. The second-order valence-electron chi connectivity index (χ2n) is 5.77. The third kappa shape index (κ3) is 3.73. The molecule has 0 saturated carbocycles. The first-order valence-electron chi connectivity index (χ1n) is 7.69. The number of likely N-dealkylation sites (tertiary alicyclic amines) is 1. The lowest BCUT2D eigenvalue weighted by Crippen LogP contribution is -2.40. The Labute approximate surface area is 143 Å². The topological polar surface area (TPSA) is 61.4 Å². The minimum Gasteiger partial charge on any atom is -0.336 e. The molecule has 1 atom stereocenters. The maximum absolute atomic E-state index is 12.9. The van der Waals surface area contributed by atoms with E-state index in [0.717, 1.165) is 10.4 Å². The zero-order chi connectivity index (χ0) is 17.1. The lowest BCUT2D eigenvalue weighted by Gasteiger charge is -2.17. The number of urea groups is 1. The lowest BCUT2D eigenvalue weighted by molar-refractivity contribution is 0.0793. The van der Waals surface area contributed by atoms with Crippen molar-refractivity contribution in [3.8, 4) is 0 Å². The number of aryl methyl sites for hydroxylation is 1. The molecule has 2 heterocycles. The molecule has 2 aromatic rings. The second-order valence-corrected chi connectivity index (χ2v) is 6.69. The number of nitrogens with one attached hydrogen (secondary N) is 2. The predicted molar refractivity (Wildman–Crippen MR) is 91.9 cm³/mol. The van der Waals surface area contributed by atoms with Crippen molar-refractivity contribution < 1.29 is 14.0 Å². The summed E-state index contributed by atoms with van der Waals surface area (Å²) < 4.78 is 12.9. The highest BCUT2D eigenvalue weighted by molar-refractivity contribution is 7.12. The van der Waals surface area contributed by atoms with Crippen LogP contribution in [0.25, 0.3) is 0 Å². The van der Waals surface area contributed by atoms with E-state index in [4.69, 9.17) is 0 Å². The fourth-order valence-corrected chi connectivity index (χ4v) is 3.58. The van der Waals surface area contributed by atoms with E-state index in [-0.39, 0.29) is 23.8 Å². The van der Waals surface area contributed by atoms with Crippen molar-refractivity contribution in [3.63, 3.8) is 0 Å². The van der Waals surface area contributed by atoms with Crippen LogP contribution in [0.5, 0.6) is 0 Å². The molecule has 0 unspecified atom stereocenters. The van der Waals surface area contributed by atoms with Gasteiger partial charge in [-0.15, -0.1) is 11.3 Å². The number of halogens is 1. The van der Waals surface area contributed by atoms with E-state index in [9.17, 15) is 14.0 Å². The van der Waals surface area contributed by atoms with Gasteiger partial charge in [0.15, 0.2) is 0 Å². The first-order valence-corrected chi connectivity index (χ1v) is 8.57. The van der Waals surface area contributed by atoms with E-state index in [1.54, 1.807) is 4.90 Å². The Balaban J connectivity index is 1.52. The summed E-state index contributed by atoms with van der Waals surface area (Å²) in [6.45, 7) is 3.04. The monoisotopic (exact) mass is 347 g/mol. The van der Waals surface area contributed by atoms with Crippen LogP contribution in [0, 0.1) is 12.7 Å². The molecule has 1 saturated heterocycles. The largest absolute Gasteiger partial charge is 0.336 e. The van der Waals surface area contributed by atoms with E-state index in [0.29, 0.717) is 25.2 Å². The molecule has 1 aliphatic heterocycles. The quantitative estimate of drug-likeness (QED) is 0.895. The van der Waals surface area contributed by atoms with E-state index in [1.165, 1.54) is 35.6 Å². The molecule has 1 fully saturated rings. The van der Waals surface area contributed by atoms with Crippen molar-refractivity contribution in [2.45, 2.75) is 19.4 Å². The zero-order valence-corrected chi connectivity index (χ0v) is 14.0. The standard InChI is InChI=1S/C17H18FN3O2S/c1-11-7-9-24-15(11)16(22)21-8-6-14(10-21)20-17(23)19-13-4-2-12(18)3-5-13/h2-5,7,9,14H,6,8,10H2,1H3,(H2,19,20,23)/t14-/m1/s1. The van der Waals surface area contributed by atoms with Crippen LogP contribution in [0.1, 0.15) is 21.7 Å². The van der Waals surface area contributed by atoms with E-state index >= 15 is 0 Å². The van der Waals surface area contributed by atoms with Crippen molar-refractivity contribution in [2.75, 3.05) is 18.4 Å². The highest BCUT2D eigenvalue weighted by atomic mass is 32.1. The fraction of sp³-hybridized carbons (Fsp3) is 0.294. The summed E-state index contributed by atoms with van der Waals surface area (Å²) in [5.41, 5.74) is 1.50. The van der Waals surface area contributed by atoms with Gasteiger partial charge in [0.05, 0.1) is 4.88 Å². The number of amides is 3. The molecule has 7 heteroatoms. The van der Waals surface area contributed by atoms with Crippen molar-refractivity contribution >= 4 is 29.0 Å². The van der Waals surface area contributed by atoms with Crippen molar-refractivity contribution in [1.82, 2.24) is 10.2 Å².